The van der Waals surface area contributed by atoms with E-state index in [0.29, 0.717) is 31.6 Å². The Labute approximate surface area is 170 Å². The summed E-state index contributed by atoms with van der Waals surface area (Å²) in [7, 11) is 0. The molecule has 3 aromatic rings. The fourth-order valence-corrected chi connectivity index (χ4v) is 3.42. The van der Waals surface area contributed by atoms with Gasteiger partial charge in [-0.15, -0.1) is 5.10 Å². The van der Waals surface area contributed by atoms with E-state index in [1.165, 1.54) is 0 Å². The number of aromatic amines is 1. The monoisotopic (exact) mass is 398 g/mol. The predicted octanol–water partition coefficient (Wildman–Crippen LogP) is 2.35. The molecular weight excluding hydrogens is 368 g/mol. The number of benzene rings is 1. The number of aromatic nitrogens is 5. The molecule has 0 radical (unpaired) electrons. The van der Waals surface area contributed by atoms with Gasteiger partial charge in [0.05, 0.1) is 17.6 Å². The lowest BCUT2D eigenvalue weighted by Gasteiger charge is -2.26. The number of rotatable bonds is 9. The highest BCUT2D eigenvalue weighted by atomic mass is 16.3. The Morgan fingerprint density at radius 2 is 2.07 bits per heavy atom. The third kappa shape index (κ3) is 4.71. The summed E-state index contributed by atoms with van der Waals surface area (Å²) in [6.07, 6.45) is 1.51. The standard InChI is InChI=1S/C21H30N6O2/c1-5-21(3,4)27-18(23-24-25-27)14-26(10-7-11-28)13-17-12-16-9-6-8-15(2)19(16)22-20(17)29/h6,8-9,12,28H,5,7,10-11,13-14H2,1-4H3,(H,22,29). The van der Waals surface area contributed by atoms with Crippen LogP contribution in [0.4, 0.5) is 0 Å². The Kier molecular flexibility index (Phi) is 6.44. The van der Waals surface area contributed by atoms with Gasteiger partial charge in [0.25, 0.3) is 5.56 Å². The first-order chi connectivity index (χ1) is 13.9. The van der Waals surface area contributed by atoms with Gasteiger partial charge in [-0.25, -0.2) is 4.68 Å². The van der Waals surface area contributed by atoms with Crippen LogP contribution in [-0.4, -0.2) is 48.3 Å². The van der Waals surface area contributed by atoms with E-state index in [4.69, 9.17) is 0 Å². The number of hydrogen-bond donors (Lipinski definition) is 2. The van der Waals surface area contributed by atoms with Crippen molar-refractivity contribution in [3.8, 4) is 0 Å². The summed E-state index contributed by atoms with van der Waals surface area (Å²) in [6.45, 7) is 9.98. The van der Waals surface area contributed by atoms with Crippen molar-refractivity contribution < 1.29 is 5.11 Å². The largest absolute Gasteiger partial charge is 0.396 e. The average molecular weight is 399 g/mol. The zero-order valence-corrected chi connectivity index (χ0v) is 17.6. The third-order valence-corrected chi connectivity index (χ3v) is 5.53. The topological polar surface area (TPSA) is 99.9 Å². The number of nitrogens with zero attached hydrogens (tertiary/aromatic N) is 5. The van der Waals surface area contributed by atoms with Crippen LogP contribution < -0.4 is 5.56 Å². The van der Waals surface area contributed by atoms with Gasteiger partial charge in [0.2, 0.25) is 0 Å². The van der Waals surface area contributed by atoms with Gasteiger partial charge in [-0.1, -0.05) is 25.1 Å². The Bertz CT molecular complexity index is 1020. The quantitative estimate of drug-likeness (QED) is 0.574. The number of tetrazole rings is 1. The first kappa shape index (κ1) is 21.1. The molecule has 0 bridgehead atoms. The maximum Gasteiger partial charge on any atom is 0.252 e. The minimum atomic E-state index is -0.195. The first-order valence-electron chi connectivity index (χ1n) is 10.1. The number of aliphatic hydroxyl groups is 1. The SMILES string of the molecule is CCC(C)(C)n1nnnc1CN(CCCO)Cc1cc2cccc(C)c2[nH]c1=O. The molecule has 29 heavy (non-hydrogen) atoms. The molecule has 0 amide bonds. The van der Waals surface area contributed by atoms with E-state index < -0.39 is 0 Å². The van der Waals surface area contributed by atoms with E-state index in [2.05, 4.69) is 46.2 Å². The van der Waals surface area contributed by atoms with Gasteiger partial charge in [-0.05, 0) is 61.1 Å². The van der Waals surface area contributed by atoms with Gasteiger partial charge in [-0.3, -0.25) is 9.69 Å². The minimum Gasteiger partial charge on any atom is -0.396 e. The van der Waals surface area contributed by atoms with Gasteiger partial charge in [-0.2, -0.15) is 0 Å². The maximum atomic E-state index is 12.7. The van der Waals surface area contributed by atoms with E-state index in [-0.39, 0.29) is 17.7 Å². The van der Waals surface area contributed by atoms with Gasteiger partial charge in [0.1, 0.15) is 0 Å². The fraction of sp³-hybridized carbons (Fsp3) is 0.524. The minimum absolute atomic E-state index is 0.0886. The highest BCUT2D eigenvalue weighted by Gasteiger charge is 2.24. The van der Waals surface area contributed by atoms with Crippen molar-refractivity contribution in [2.45, 2.75) is 59.2 Å². The molecule has 0 aliphatic heterocycles. The van der Waals surface area contributed by atoms with E-state index in [0.717, 1.165) is 28.7 Å². The number of nitrogens with one attached hydrogen (secondary N) is 1. The lowest BCUT2D eigenvalue weighted by molar-refractivity contribution is 0.197. The van der Waals surface area contributed by atoms with Crippen molar-refractivity contribution in [3.63, 3.8) is 0 Å². The molecular formula is C21H30N6O2. The average Bonchev–Trinajstić information content (AvgIpc) is 3.16. The van der Waals surface area contributed by atoms with Crippen LogP contribution in [0.5, 0.6) is 0 Å². The lowest BCUT2D eigenvalue weighted by atomic mass is 10.0. The summed E-state index contributed by atoms with van der Waals surface area (Å²) < 4.78 is 1.85. The summed E-state index contributed by atoms with van der Waals surface area (Å²) in [6, 6.07) is 7.93. The summed E-state index contributed by atoms with van der Waals surface area (Å²) >= 11 is 0. The Balaban J connectivity index is 1.89. The lowest BCUT2D eigenvalue weighted by Crippen LogP contribution is -2.33. The van der Waals surface area contributed by atoms with E-state index in [1.807, 2.05) is 35.9 Å². The Hall–Kier alpha value is -2.58. The first-order valence-corrected chi connectivity index (χ1v) is 10.1. The van der Waals surface area contributed by atoms with Crippen LogP contribution in [0.3, 0.4) is 0 Å². The molecule has 8 heteroatoms. The fourth-order valence-electron chi connectivity index (χ4n) is 3.42. The van der Waals surface area contributed by atoms with Crippen molar-refractivity contribution in [2.75, 3.05) is 13.2 Å². The van der Waals surface area contributed by atoms with Gasteiger partial charge in [0.15, 0.2) is 5.82 Å². The zero-order valence-electron chi connectivity index (χ0n) is 17.6. The molecule has 0 saturated carbocycles. The highest BCUT2D eigenvalue weighted by Crippen LogP contribution is 2.20. The predicted molar refractivity (Wildman–Crippen MR) is 113 cm³/mol. The molecule has 0 atom stereocenters. The summed E-state index contributed by atoms with van der Waals surface area (Å²) in [5, 5.41) is 22.6. The van der Waals surface area contributed by atoms with Gasteiger partial charge in [0, 0.05) is 25.3 Å². The molecule has 3 rings (SSSR count). The van der Waals surface area contributed by atoms with Crippen LogP contribution in [0.2, 0.25) is 0 Å². The highest BCUT2D eigenvalue weighted by molar-refractivity contribution is 5.81. The number of aryl methyl sites for hydroxylation is 1. The zero-order chi connectivity index (χ0) is 21.0. The van der Waals surface area contributed by atoms with Crippen molar-refractivity contribution in [1.82, 2.24) is 30.1 Å². The molecule has 0 aliphatic carbocycles. The van der Waals surface area contributed by atoms with Crippen LogP contribution >= 0.6 is 0 Å². The van der Waals surface area contributed by atoms with Crippen LogP contribution in [0.15, 0.2) is 29.1 Å². The van der Waals surface area contributed by atoms with Gasteiger partial charge < -0.3 is 10.1 Å². The molecule has 1 aromatic carbocycles. The molecule has 0 spiro atoms. The van der Waals surface area contributed by atoms with E-state index in [9.17, 15) is 9.90 Å². The van der Waals surface area contributed by atoms with Crippen LogP contribution in [0.25, 0.3) is 10.9 Å². The normalized spacial score (nSPS) is 12.2. The number of hydrogen-bond acceptors (Lipinski definition) is 6. The second-order valence-electron chi connectivity index (χ2n) is 8.12. The van der Waals surface area contributed by atoms with E-state index >= 15 is 0 Å². The number of para-hydroxylation sites is 1. The van der Waals surface area contributed by atoms with Crippen molar-refractivity contribution in [3.05, 3.63) is 51.6 Å². The molecule has 2 N–H and O–H groups in total. The van der Waals surface area contributed by atoms with Crippen LogP contribution in [0.1, 0.15) is 50.6 Å². The Morgan fingerprint density at radius 1 is 1.28 bits per heavy atom. The molecule has 0 saturated heterocycles. The molecule has 0 fully saturated rings. The van der Waals surface area contributed by atoms with Gasteiger partial charge >= 0.3 is 0 Å². The molecule has 156 valence electrons. The maximum absolute atomic E-state index is 12.7. The van der Waals surface area contributed by atoms with Crippen molar-refractivity contribution in [2.24, 2.45) is 0 Å². The molecule has 2 aromatic heterocycles. The number of pyridine rings is 1. The van der Waals surface area contributed by atoms with Crippen molar-refractivity contribution >= 4 is 10.9 Å². The van der Waals surface area contributed by atoms with E-state index in [1.54, 1.807) is 0 Å². The number of H-pyrrole nitrogens is 1. The number of aliphatic hydroxyl groups excluding tert-OH is 1. The van der Waals surface area contributed by atoms with Crippen LogP contribution in [-0.2, 0) is 18.6 Å². The molecule has 0 aliphatic rings. The molecule has 8 nitrogen and oxygen atoms in total. The summed E-state index contributed by atoms with van der Waals surface area (Å²) in [5.74, 6) is 0.753. The second kappa shape index (κ2) is 8.84. The summed E-state index contributed by atoms with van der Waals surface area (Å²) in [4.78, 5) is 17.8. The number of fused-ring (bicyclic) bond motifs is 1. The molecule has 2 heterocycles. The smallest absolute Gasteiger partial charge is 0.252 e. The van der Waals surface area contributed by atoms with Crippen molar-refractivity contribution in [1.29, 1.82) is 0 Å². The third-order valence-electron chi connectivity index (χ3n) is 5.53. The molecule has 0 unspecified atom stereocenters. The Morgan fingerprint density at radius 3 is 2.79 bits per heavy atom. The van der Waals surface area contributed by atoms with Crippen LogP contribution in [0, 0.1) is 6.92 Å². The second-order valence-corrected chi connectivity index (χ2v) is 8.12. The summed E-state index contributed by atoms with van der Waals surface area (Å²) in [5.41, 5.74) is 2.32.